The van der Waals surface area contributed by atoms with E-state index in [2.05, 4.69) is 11.4 Å². The first kappa shape index (κ1) is 13.4. The normalized spacial score (nSPS) is 14.7. The van der Waals surface area contributed by atoms with Gasteiger partial charge in [-0.2, -0.15) is 0 Å². The molecule has 0 amide bonds. The second kappa shape index (κ2) is 7.39. The van der Waals surface area contributed by atoms with Crippen molar-refractivity contribution in [2.45, 2.75) is 38.3 Å². The third kappa shape index (κ3) is 5.07. The van der Waals surface area contributed by atoms with Crippen molar-refractivity contribution in [2.24, 2.45) is 0 Å². The van der Waals surface area contributed by atoms with Crippen molar-refractivity contribution in [3.63, 3.8) is 0 Å². The smallest absolute Gasteiger partial charge is 0.119 e. The molecule has 0 radical (unpaired) electrons. The van der Waals surface area contributed by atoms with Gasteiger partial charge in [-0.3, -0.25) is 0 Å². The van der Waals surface area contributed by atoms with E-state index in [0.717, 1.165) is 31.4 Å². The van der Waals surface area contributed by atoms with Crippen molar-refractivity contribution >= 4 is 0 Å². The highest BCUT2D eigenvalue weighted by Gasteiger charge is 2.19. The Morgan fingerprint density at radius 2 is 2.17 bits per heavy atom. The van der Waals surface area contributed by atoms with Crippen LogP contribution in [0.2, 0.25) is 0 Å². The van der Waals surface area contributed by atoms with Crippen LogP contribution in [0.3, 0.4) is 0 Å². The Bertz CT molecular complexity index is 350. The largest absolute Gasteiger partial charge is 0.497 e. The van der Waals surface area contributed by atoms with Gasteiger partial charge >= 0.3 is 0 Å². The Kier molecular flexibility index (Phi) is 5.49. The maximum atomic E-state index is 5.66. The van der Waals surface area contributed by atoms with E-state index in [9.17, 15) is 0 Å². The lowest BCUT2D eigenvalue weighted by atomic mass is 10.2. The van der Waals surface area contributed by atoms with Gasteiger partial charge in [0.15, 0.2) is 0 Å². The molecule has 0 spiro atoms. The summed E-state index contributed by atoms with van der Waals surface area (Å²) in [6.45, 7) is 2.64. The molecule has 1 aliphatic carbocycles. The average molecular weight is 249 g/mol. The first-order chi connectivity index (χ1) is 8.88. The predicted molar refractivity (Wildman–Crippen MR) is 72.9 cm³/mol. The molecule has 0 heterocycles. The molecule has 0 bridgehead atoms. The van der Waals surface area contributed by atoms with E-state index in [1.54, 1.807) is 7.11 Å². The Morgan fingerprint density at radius 3 is 2.94 bits per heavy atom. The Hall–Kier alpha value is -1.06. The summed E-state index contributed by atoms with van der Waals surface area (Å²) in [4.78, 5) is 0. The van der Waals surface area contributed by atoms with Gasteiger partial charge in [0.25, 0.3) is 0 Å². The number of rotatable bonds is 9. The molecule has 1 N–H and O–H groups in total. The van der Waals surface area contributed by atoms with Crippen molar-refractivity contribution in [2.75, 3.05) is 20.3 Å². The molecule has 1 aromatic rings. The Balaban J connectivity index is 1.51. The minimum Gasteiger partial charge on any atom is -0.497 e. The van der Waals surface area contributed by atoms with Crippen LogP contribution in [-0.2, 0) is 11.3 Å². The van der Waals surface area contributed by atoms with Gasteiger partial charge in [-0.1, -0.05) is 12.1 Å². The first-order valence-electron chi connectivity index (χ1n) is 6.82. The fourth-order valence-electron chi connectivity index (χ4n) is 1.88. The SMILES string of the molecule is COc1cccc(COCCCCNC2CC2)c1. The molecule has 100 valence electrons. The third-order valence-corrected chi connectivity index (χ3v) is 3.13. The van der Waals surface area contributed by atoms with Gasteiger partial charge < -0.3 is 14.8 Å². The summed E-state index contributed by atoms with van der Waals surface area (Å²) in [6, 6.07) is 8.86. The topological polar surface area (TPSA) is 30.5 Å². The first-order valence-corrected chi connectivity index (χ1v) is 6.82. The molecule has 1 saturated carbocycles. The molecule has 1 fully saturated rings. The maximum Gasteiger partial charge on any atom is 0.119 e. The van der Waals surface area contributed by atoms with Crippen LogP contribution in [-0.4, -0.2) is 26.3 Å². The highest BCUT2D eigenvalue weighted by atomic mass is 16.5. The monoisotopic (exact) mass is 249 g/mol. The van der Waals surface area contributed by atoms with Crippen molar-refractivity contribution in [1.82, 2.24) is 5.32 Å². The van der Waals surface area contributed by atoms with Gasteiger partial charge in [0, 0.05) is 12.6 Å². The molecule has 1 aromatic carbocycles. The number of methoxy groups -OCH3 is 1. The van der Waals surface area contributed by atoms with Crippen LogP contribution in [0.4, 0.5) is 0 Å². The zero-order chi connectivity index (χ0) is 12.6. The van der Waals surface area contributed by atoms with Crippen molar-refractivity contribution in [1.29, 1.82) is 0 Å². The lowest BCUT2D eigenvalue weighted by molar-refractivity contribution is 0.117. The van der Waals surface area contributed by atoms with Gasteiger partial charge in [0.2, 0.25) is 0 Å². The molecular formula is C15H23NO2. The van der Waals surface area contributed by atoms with Gasteiger partial charge in [-0.25, -0.2) is 0 Å². The Labute approximate surface area is 109 Å². The van der Waals surface area contributed by atoms with E-state index in [0.29, 0.717) is 6.61 Å². The number of benzene rings is 1. The number of unbranched alkanes of at least 4 members (excludes halogenated alkanes) is 1. The van der Waals surface area contributed by atoms with E-state index in [4.69, 9.17) is 9.47 Å². The van der Waals surface area contributed by atoms with E-state index < -0.39 is 0 Å². The van der Waals surface area contributed by atoms with Crippen LogP contribution >= 0.6 is 0 Å². The second-order valence-corrected chi connectivity index (χ2v) is 4.84. The second-order valence-electron chi connectivity index (χ2n) is 4.84. The number of hydrogen-bond donors (Lipinski definition) is 1. The zero-order valence-electron chi connectivity index (χ0n) is 11.2. The zero-order valence-corrected chi connectivity index (χ0v) is 11.2. The van der Waals surface area contributed by atoms with Crippen LogP contribution in [0.15, 0.2) is 24.3 Å². The highest BCUT2D eigenvalue weighted by Crippen LogP contribution is 2.18. The molecule has 1 aliphatic rings. The molecule has 18 heavy (non-hydrogen) atoms. The summed E-state index contributed by atoms with van der Waals surface area (Å²) < 4.78 is 10.8. The fraction of sp³-hybridized carbons (Fsp3) is 0.600. The van der Waals surface area contributed by atoms with Crippen molar-refractivity contribution in [3.8, 4) is 5.75 Å². The number of hydrogen-bond acceptors (Lipinski definition) is 3. The third-order valence-electron chi connectivity index (χ3n) is 3.13. The van der Waals surface area contributed by atoms with E-state index in [1.807, 2.05) is 18.2 Å². The van der Waals surface area contributed by atoms with Gasteiger partial charge in [0.1, 0.15) is 5.75 Å². The molecular weight excluding hydrogens is 226 g/mol. The van der Waals surface area contributed by atoms with Crippen molar-refractivity contribution in [3.05, 3.63) is 29.8 Å². The Morgan fingerprint density at radius 1 is 1.28 bits per heavy atom. The van der Waals surface area contributed by atoms with Crippen LogP contribution < -0.4 is 10.1 Å². The van der Waals surface area contributed by atoms with Crippen LogP contribution in [0.1, 0.15) is 31.2 Å². The molecule has 3 heteroatoms. The lowest BCUT2D eigenvalue weighted by Crippen LogP contribution is -2.17. The molecule has 0 unspecified atom stereocenters. The minimum atomic E-state index is 0.674. The van der Waals surface area contributed by atoms with Crippen molar-refractivity contribution < 1.29 is 9.47 Å². The summed E-state index contributed by atoms with van der Waals surface area (Å²) in [7, 11) is 1.69. The quantitative estimate of drug-likeness (QED) is 0.683. The minimum absolute atomic E-state index is 0.674. The molecule has 0 aromatic heterocycles. The van der Waals surface area contributed by atoms with E-state index >= 15 is 0 Å². The van der Waals surface area contributed by atoms with Gasteiger partial charge in [0.05, 0.1) is 13.7 Å². The van der Waals surface area contributed by atoms with Crippen LogP contribution in [0.5, 0.6) is 5.75 Å². The standard InChI is InChI=1S/C15H23NO2/c1-17-15-6-4-5-13(11-15)12-18-10-3-2-9-16-14-7-8-14/h4-6,11,14,16H,2-3,7-10,12H2,1H3. The van der Waals surface area contributed by atoms with Gasteiger partial charge in [-0.05, 0) is 49.9 Å². The molecule has 2 rings (SSSR count). The summed E-state index contributed by atoms with van der Waals surface area (Å²) in [5.41, 5.74) is 1.17. The maximum absolute atomic E-state index is 5.66. The lowest BCUT2D eigenvalue weighted by Gasteiger charge is -2.06. The van der Waals surface area contributed by atoms with Gasteiger partial charge in [-0.15, -0.1) is 0 Å². The van der Waals surface area contributed by atoms with E-state index in [-0.39, 0.29) is 0 Å². The fourth-order valence-corrected chi connectivity index (χ4v) is 1.88. The molecule has 3 nitrogen and oxygen atoms in total. The molecule has 0 aliphatic heterocycles. The summed E-state index contributed by atoms with van der Waals surface area (Å²) in [6.07, 6.45) is 5.07. The summed E-state index contributed by atoms with van der Waals surface area (Å²) in [5, 5.41) is 3.51. The average Bonchev–Trinajstić information content (AvgIpc) is 3.22. The number of ether oxygens (including phenoxy) is 2. The highest BCUT2D eigenvalue weighted by molar-refractivity contribution is 5.27. The molecule has 0 saturated heterocycles. The van der Waals surface area contributed by atoms with Crippen LogP contribution in [0, 0.1) is 0 Å². The molecule has 0 atom stereocenters. The van der Waals surface area contributed by atoms with Crippen LogP contribution in [0.25, 0.3) is 0 Å². The number of nitrogens with one attached hydrogen (secondary N) is 1. The summed E-state index contributed by atoms with van der Waals surface area (Å²) >= 11 is 0. The van der Waals surface area contributed by atoms with E-state index in [1.165, 1.54) is 24.8 Å². The predicted octanol–water partition coefficient (Wildman–Crippen LogP) is 2.74. The summed E-state index contributed by atoms with van der Waals surface area (Å²) in [5.74, 6) is 0.893.